The molecule has 1 aromatic rings. The van der Waals surface area contributed by atoms with Crippen molar-refractivity contribution in [3.63, 3.8) is 0 Å². The van der Waals surface area contributed by atoms with Gasteiger partial charge in [0.1, 0.15) is 0 Å². The molecule has 0 aliphatic carbocycles. The van der Waals surface area contributed by atoms with Crippen molar-refractivity contribution in [1.82, 2.24) is 5.32 Å². The van der Waals surface area contributed by atoms with E-state index in [9.17, 15) is 0 Å². The first-order chi connectivity index (χ1) is 8.22. The maximum Gasteiger partial charge on any atom is 0.174 e. The smallest absolute Gasteiger partial charge is 0.174 e. The van der Waals surface area contributed by atoms with Crippen molar-refractivity contribution in [3.8, 4) is 11.5 Å². The van der Waals surface area contributed by atoms with Crippen LogP contribution in [0, 0.1) is 0 Å². The Balaban J connectivity index is 0.00000289. The molecule has 0 aliphatic rings. The molecule has 0 unspecified atom stereocenters. The second-order valence-electron chi connectivity index (χ2n) is 3.44. The van der Waals surface area contributed by atoms with Gasteiger partial charge in [-0.25, -0.2) is 0 Å². The molecule has 0 fully saturated rings. The molecule has 0 amide bonds. The number of methoxy groups -OCH3 is 1. The maximum atomic E-state index is 8.70. The van der Waals surface area contributed by atoms with Crippen molar-refractivity contribution in [2.75, 3.05) is 26.9 Å². The molecule has 0 heterocycles. The number of benzene rings is 1. The fourth-order valence-corrected chi connectivity index (χ4v) is 2.15. The fourth-order valence-electron chi connectivity index (χ4n) is 1.50. The Kier molecular flexibility index (Phi) is 9.18. The van der Waals surface area contributed by atoms with Gasteiger partial charge in [-0.15, -0.1) is 12.4 Å². The van der Waals surface area contributed by atoms with Crippen LogP contribution in [0.25, 0.3) is 0 Å². The van der Waals surface area contributed by atoms with Gasteiger partial charge in [0.25, 0.3) is 0 Å². The summed E-state index contributed by atoms with van der Waals surface area (Å²) in [7, 11) is 1.62. The average molecular weight is 341 g/mol. The first-order valence-corrected chi connectivity index (χ1v) is 6.33. The molecule has 4 nitrogen and oxygen atoms in total. The molecule has 1 rings (SSSR count). The van der Waals surface area contributed by atoms with Crippen LogP contribution >= 0.6 is 28.3 Å². The maximum absolute atomic E-state index is 8.70. The summed E-state index contributed by atoms with van der Waals surface area (Å²) in [5, 5.41) is 11.8. The van der Waals surface area contributed by atoms with Gasteiger partial charge in [0.15, 0.2) is 11.5 Å². The fraction of sp³-hybridized carbons (Fsp3) is 0.500. The summed E-state index contributed by atoms with van der Waals surface area (Å²) in [6.07, 6.45) is 0. The lowest BCUT2D eigenvalue weighted by Gasteiger charge is -2.13. The predicted molar refractivity (Wildman–Crippen MR) is 77.9 cm³/mol. The SMILES string of the molecule is CCOc1cc(CNCCO)cc(Br)c1OC.Cl. The molecule has 0 bridgehead atoms. The van der Waals surface area contributed by atoms with Crippen LogP contribution in [0.2, 0.25) is 0 Å². The van der Waals surface area contributed by atoms with Crippen molar-refractivity contribution in [3.05, 3.63) is 22.2 Å². The van der Waals surface area contributed by atoms with E-state index in [1.807, 2.05) is 19.1 Å². The number of halogens is 2. The molecule has 0 saturated carbocycles. The second kappa shape index (κ2) is 9.44. The van der Waals surface area contributed by atoms with Crippen LogP contribution in [0.1, 0.15) is 12.5 Å². The quantitative estimate of drug-likeness (QED) is 0.748. The van der Waals surface area contributed by atoms with Crippen LogP contribution in [0.3, 0.4) is 0 Å². The monoisotopic (exact) mass is 339 g/mol. The third-order valence-electron chi connectivity index (χ3n) is 2.19. The Hall–Kier alpha value is -0.490. The summed E-state index contributed by atoms with van der Waals surface area (Å²) >= 11 is 3.45. The van der Waals surface area contributed by atoms with Crippen LogP contribution in [-0.4, -0.2) is 32.0 Å². The highest BCUT2D eigenvalue weighted by Gasteiger charge is 2.10. The zero-order valence-electron chi connectivity index (χ0n) is 10.5. The van der Waals surface area contributed by atoms with E-state index in [1.54, 1.807) is 7.11 Å². The zero-order chi connectivity index (χ0) is 12.7. The van der Waals surface area contributed by atoms with E-state index in [1.165, 1.54) is 0 Å². The van der Waals surface area contributed by atoms with E-state index in [2.05, 4.69) is 21.2 Å². The minimum absolute atomic E-state index is 0. The van der Waals surface area contributed by atoms with Crippen molar-refractivity contribution in [1.29, 1.82) is 0 Å². The van der Waals surface area contributed by atoms with E-state index in [0.29, 0.717) is 25.4 Å². The molecule has 2 N–H and O–H groups in total. The van der Waals surface area contributed by atoms with Crippen LogP contribution in [0.4, 0.5) is 0 Å². The number of rotatable bonds is 7. The Morgan fingerprint density at radius 1 is 1.39 bits per heavy atom. The molecule has 0 spiro atoms. The highest BCUT2D eigenvalue weighted by molar-refractivity contribution is 9.10. The molecular weight excluding hydrogens is 321 g/mol. The van der Waals surface area contributed by atoms with Gasteiger partial charge < -0.3 is 19.9 Å². The first-order valence-electron chi connectivity index (χ1n) is 5.53. The molecule has 104 valence electrons. The molecule has 0 aliphatic heterocycles. The van der Waals surface area contributed by atoms with Gasteiger partial charge in [0, 0.05) is 13.1 Å². The van der Waals surface area contributed by atoms with Gasteiger partial charge in [-0.3, -0.25) is 0 Å². The van der Waals surface area contributed by atoms with Gasteiger partial charge >= 0.3 is 0 Å². The van der Waals surface area contributed by atoms with Crippen molar-refractivity contribution >= 4 is 28.3 Å². The Morgan fingerprint density at radius 3 is 2.67 bits per heavy atom. The minimum atomic E-state index is 0. The molecule has 0 aromatic heterocycles. The summed E-state index contributed by atoms with van der Waals surface area (Å²) < 4.78 is 11.7. The summed E-state index contributed by atoms with van der Waals surface area (Å²) in [5.41, 5.74) is 1.08. The normalized spacial score (nSPS) is 9.78. The third-order valence-corrected chi connectivity index (χ3v) is 2.78. The number of hydrogen-bond acceptors (Lipinski definition) is 4. The third kappa shape index (κ3) is 5.02. The molecular formula is C12H19BrClNO3. The lowest BCUT2D eigenvalue weighted by atomic mass is 10.2. The van der Waals surface area contributed by atoms with E-state index in [0.717, 1.165) is 15.8 Å². The van der Waals surface area contributed by atoms with Crippen molar-refractivity contribution in [2.24, 2.45) is 0 Å². The second-order valence-corrected chi connectivity index (χ2v) is 4.30. The summed E-state index contributed by atoms with van der Waals surface area (Å²) in [6.45, 7) is 3.92. The summed E-state index contributed by atoms with van der Waals surface area (Å²) in [6, 6.07) is 3.92. The van der Waals surface area contributed by atoms with Crippen LogP contribution < -0.4 is 14.8 Å². The van der Waals surface area contributed by atoms with Crippen molar-refractivity contribution in [2.45, 2.75) is 13.5 Å². The molecule has 1 aromatic carbocycles. The molecule has 0 saturated heterocycles. The highest BCUT2D eigenvalue weighted by Crippen LogP contribution is 2.36. The molecule has 0 radical (unpaired) electrons. The van der Waals surface area contributed by atoms with Gasteiger partial charge in [0.05, 0.1) is 24.8 Å². The molecule has 0 atom stereocenters. The summed E-state index contributed by atoms with van der Waals surface area (Å²) in [4.78, 5) is 0. The van der Waals surface area contributed by atoms with E-state index >= 15 is 0 Å². The van der Waals surface area contributed by atoms with Crippen LogP contribution in [-0.2, 0) is 6.54 Å². The van der Waals surface area contributed by atoms with Gasteiger partial charge in [-0.05, 0) is 40.5 Å². The van der Waals surface area contributed by atoms with E-state index < -0.39 is 0 Å². The topological polar surface area (TPSA) is 50.7 Å². The van der Waals surface area contributed by atoms with Gasteiger partial charge in [-0.1, -0.05) is 0 Å². The van der Waals surface area contributed by atoms with E-state index in [4.69, 9.17) is 14.6 Å². The first kappa shape index (κ1) is 17.5. The number of aliphatic hydroxyl groups is 1. The Labute approximate surface area is 122 Å². The average Bonchev–Trinajstić information content (AvgIpc) is 2.30. The number of hydrogen-bond donors (Lipinski definition) is 2. The van der Waals surface area contributed by atoms with Gasteiger partial charge in [0.2, 0.25) is 0 Å². The number of ether oxygens (including phenoxy) is 2. The van der Waals surface area contributed by atoms with Crippen molar-refractivity contribution < 1.29 is 14.6 Å². The van der Waals surface area contributed by atoms with Crippen LogP contribution in [0.15, 0.2) is 16.6 Å². The van der Waals surface area contributed by atoms with Gasteiger partial charge in [-0.2, -0.15) is 0 Å². The highest BCUT2D eigenvalue weighted by atomic mass is 79.9. The largest absolute Gasteiger partial charge is 0.492 e. The lowest BCUT2D eigenvalue weighted by molar-refractivity contribution is 0.291. The molecule has 18 heavy (non-hydrogen) atoms. The number of aliphatic hydroxyl groups excluding tert-OH is 1. The lowest BCUT2D eigenvalue weighted by Crippen LogP contribution is -2.17. The molecule has 6 heteroatoms. The standard InChI is InChI=1S/C12H18BrNO3.ClH/c1-3-17-11-7-9(8-14-4-5-15)6-10(13)12(11)16-2;/h6-7,14-15H,3-5,8H2,1-2H3;1H. The van der Waals surface area contributed by atoms with E-state index in [-0.39, 0.29) is 19.0 Å². The minimum Gasteiger partial charge on any atom is -0.492 e. The Morgan fingerprint density at radius 2 is 2.11 bits per heavy atom. The Bertz CT molecular complexity index is 363. The number of nitrogens with one attached hydrogen (secondary N) is 1. The van der Waals surface area contributed by atoms with Crippen LogP contribution in [0.5, 0.6) is 11.5 Å². The summed E-state index contributed by atoms with van der Waals surface area (Å²) in [5.74, 6) is 1.43. The zero-order valence-corrected chi connectivity index (χ0v) is 12.9. The predicted octanol–water partition coefficient (Wildman–Crippen LogP) is 2.36.